The van der Waals surface area contributed by atoms with Crippen LogP contribution in [0.2, 0.25) is 0 Å². The molecule has 0 aliphatic heterocycles. The van der Waals surface area contributed by atoms with Gasteiger partial charge < -0.3 is 9.80 Å². The number of amides is 1. The van der Waals surface area contributed by atoms with E-state index in [4.69, 9.17) is 0 Å². The summed E-state index contributed by atoms with van der Waals surface area (Å²) in [7, 11) is 5.41. The Morgan fingerprint density at radius 3 is 2.71 bits per heavy atom. The number of aromatic nitrogens is 2. The van der Waals surface area contributed by atoms with E-state index in [0.29, 0.717) is 0 Å². The molecule has 110 valence electrons. The molecule has 2 rings (SSSR count). The van der Waals surface area contributed by atoms with E-state index in [1.54, 1.807) is 43.9 Å². The molecule has 0 saturated heterocycles. The van der Waals surface area contributed by atoms with E-state index in [9.17, 15) is 4.79 Å². The number of pyridine rings is 1. The number of hydrogen-bond acceptors (Lipinski definition) is 5. The molecule has 0 atom stereocenters. The van der Waals surface area contributed by atoms with Crippen LogP contribution in [0.25, 0.3) is 6.08 Å². The van der Waals surface area contributed by atoms with Gasteiger partial charge in [0.05, 0.1) is 22.5 Å². The highest BCUT2D eigenvalue weighted by atomic mass is 32.1. The number of thiazole rings is 1. The third kappa shape index (κ3) is 3.66. The lowest BCUT2D eigenvalue weighted by molar-refractivity contribution is -0.123. The molecule has 0 bridgehead atoms. The fourth-order valence-corrected chi connectivity index (χ4v) is 2.60. The summed E-state index contributed by atoms with van der Waals surface area (Å²) in [4.78, 5) is 24.8. The number of rotatable bonds is 4. The first-order valence-corrected chi connectivity index (χ1v) is 7.31. The molecule has 1 amide bonds. The van der Waals surface area contributed by atoms with Gasteiger partial charge in [0.2, 0.25) is 5.91 Å². The van der Waals surface area contributed by atoms with Gasteiger partial charge in [-0.1, -0.05) is 11.3 Å². The van der Waals surface area contributed by atoms with E-state index < -0.39 is 0 Å². The normalized spacial score (nSPS) is 10.9. The number of anilines is 2. The molecule has 2 heterocycles. The molecule has 0 saturated carbocycles. The van der Waals surface area contributed by atoms with Gasteiger partial charge in [0.25, 0.3) is 0 Å². The van der Waals surface area contributed by atoms with Crippen molar-refractivity contribution in [3.05, 3.63) is 41.2 Å². The van der Waals surface area contributed by atoms with E-state index in [2.05, 4.69) is 9.97 Å². The smallest absolute Gasteiger partial charge is 0.246 e. The summed E-state index contributed by atoms with van der Waals surface area (Å²) in [5.41, 5.74) is 1.89. The minimum Gasteiger partial charge on any atom is -0.345 e. The monoisotopic (exact) mass is 302 g/mol. The largest absolute Gasteiger partial charge is 0.345 e. The predicted octanol–water partition coefficient (Wildman–Crippen LogP) is 2.72. The van der Waals surface area contributed by atoms with Crippen LogP contribution in [-0.4, -0.2) is 41.9 Å². The van der Waals surface area contributed by atoms with Gasteiger partial charge in [0.1, 0.15) is 0 Å². The van der Waals surface area contributed by atoms with Crippen LogP contribution in [0.3, 0.4) is 0 Å². The van der Waals surface area contributed by atoms with Gasteiger partial charge in [-0.05, 0) is 25.1 Å². The van der Waals surface area contributed by atoms with E-state index >= 15 is 0 Å². The van der Waals surface area contributed by atoms with Crippen molar-refractivity contribution in [3.63, 3.8) is 0 Å². The Balaban J connectivity index is 2.21. The Labute approximate surface area is 128 Å². The van der Waals surface area contributed by atoms with Gasteiger partial charge in [-0.2, -0.15) is 0 Å². The quantitative estimate of drug-likeness (QED) is 0.815. The topological polar surface area (TPSA) is 49.3 Å². The number of nitrogens with zero attached hydrogens (tertiary/aromatic N) is 4. The molecule has 2 aromatic rings. The number of likely N-dealkylation sites (N-methyl/N-ethyl adjacent to an activating group) is 1. The molecule has 0 spiro atoms. The fourth-order valence-electron chi connectivity index (χ4n) is 1.65. The molecule has 0 aliphatic carbocycles. The maximum atomic E-state index is 11.6. The van der Waals surface area contributed by atoms with Crippen molar-refractivity contribution >= 4 is 34.1 Å². The molecule has 0 aliphatic rings. The average molecular weight is 302 g/mol. The van der Waals surface area contributed by atoms with Gasteiger partial charge in [-0.15, -0.1) is 0 Å². The summed E-state index contributed by atoms with van der Waals surface area (Å²) in [6.07, 6.45) is 6.91. The highest BCUT2D eigenvalue weighted by molar-refractivity contribution is 7.16. The molecule has 2 aromatic heterocycles. The second kappa shape index (κ2) is 6.49. The predicted molar refractivity (Wildman–Crippen MR) is 86.9 cm³/mol. The summed E-state index contributed by atoms with van der Waals surface area (Å²) in [6, 6.07) is 3.87. The zero-order valence-corrected chi connectivity index (χ0v) is 13.4. The van der Waals surface area contributed by atoms with Gasteiger partial charge in [-0.3, -0.25) is 9.78 Å². The van der Waals surface area contributed by atoms with Crippen molar-refractivity contribution in [1.29, 1.82) is 0 Å². The lowest BCUT2D eigenvalue weighted by Gasteiger charge is -2.14. The van der Waals surface area contributed by atoms with Crippen molar-refractivity contribution in [2.24, 2.45) is 0 Å². The Bertz CT molecular complexity index is 649. The number of carbonyl (C=O) groups is 1. The van der Waals surface area contributed by atoms with Gasteiger partial charge in [0, 0.05) is 33.4 Å². The van der Waals surface area contributed by atoms with Crippen LogP contribution in [0.15, 0.2) is 30.6 Å². The third-order valence-corrected chi connectivity index (χ3v) is 4.16. The van der Waals surface area contributed by atoms with Crippen LogP contribution in [0.4, 0.5) is 10.8 Å². The van der Waals surface area contributed by atoms with Crippen LogP contribution in [0, 0.1) is 6.92 Å². The van der Waals surface area contributed by atoms with Crippen molar-refractivity contribution in [1.82, 2.24) is 14.9 Å². The molecule has 21 heavy (non-hydrogen) atoms. The van der Waals surface area contributed by atoms with Gasteiger partial charge in [0.15, 0.2) is 5.13 Å². The van der Waals surface area contributed by atoms with Crippen molar-refractivity contribution in [2.45, 2.75) is 6.92 Å². The van der Waals surface area contributed by atoms with Crippen LogP contribution in [-0.2, 0) is 4.79 Å². The van der Waals surface area contributed by atoms with Gasteiger partial charge >= 0.3 is 0 Å². The Kier molecular flexibility index (Phi) is 4.70. The molecular weight excluding hydrogens is 284 g/mol. The maximum Gasteiger partial charge on any atom is 0.246 e. The van der Waals surface area contributed by atoms with Crippen LogP contribution in [0.1, 0.15) is 10.6 Å². The SMILES string of the molecule is Cc1nc(N(C)c2cccnc2)sc1C=CC(=O)N(C)C. The first-order chi connectivity index (χ1) is 9.99. The van der Waals surface area contributed by atoms with Crippen LogP contribution in [0.5, 0.6) is 0 Å². The molecule has 0 aromatic carbocycles. The number of aryl methyl sites for hydroxylation is 1. The molecule has 0 N–H and O–H groups in total. The minimum atomic E-state index is -0.0371. The lowest BCUT2D eigenvalue weighted by Crippen LogP contribution is -2.18. The summed E-state index contributed by atoms with van der Waals surface area (Å²) in [6.45, 7) is 1.94. The zero-order chi connectivity index (χ0) is 15.4. The standard InChI is InChI=1S/C15H18N4OS/c1-11-13(7-8-14(20)18(2)3)21-15(17-11)19(4)12-6-5-9-16-10-12/h5-10H,1-4H3. The van der Waals surface area contributed by atoms with E-state index in [-0.39, 0.29) is 5.91 Å². The van der Waals surface area contributed by atoms with E-state index in [1.165, 1.54) is 4.90 Å². The lowest BCUT2D eigenvalue weighted by atomic mass is 10.3. The second-order valence-electron chi connectivity index (χ2n) is 4.78. The average Bonchev–Trinajstić information content (AvgIpc) is 2.86. The Hall–Kier alpha value is -2.21. The molecule has 0 unspecified atom stereocenters. The minimum absolute atomic E-state index is 0.0371. The highest BCUT2D eigenvalue weighted by Crippen LogP contribution is 2.30. The first kappa shape index (κ1) is 15.2. The second-order valence-corrected chi connectivity index (χ2v) is 5.79. The summed E-state index contributed by atoms with van der Waals surface area (Å²) < 4.78 is 0. The Morgan fingerprint density at radius 2 is 2.10 bits per heavy atom. The van der Waals surface area contributed by atoms with Crippen LogP contribution >= 0.6 is 11.3 Å². The van der Waals surface area contributed by atoms with Crippen molar-refractivity contribution in [2.75, 3.05) is 26.0 Å². The molecule has 0 radical (unpaired) electrons. The fraction of sp³-hybridized carbons (Fsp3) is 0.267. The van der Waals surface area contributed by atoms with Crippen molar-refractivity contribution < 1.29 is 4.79 Å². The third-order valence-electron chi connectivity index (χ3n) is 2.96. The maximum absolute atomic E-state index is 11.6. The number of hydrogen-bond donors (Lipinski definition) is 0. The molecule has 5 nitrogen and oxygen atoms in total. The summed E-state index contributed by atoms with van der Waals surface area (Å²) >= 11 is 1.55. The van der Waals surface area contributed by atoms with E-state index in [0.717, 1.165) is 21.4 Å². The summed E-state index contributed by atoms with van der Waals surface area (Å²) in [5, 5.41) is 0.873. The van der Waals surface area contributed by atoms with Gasteiger partial charge in [-0.25, -0.2) is 4.98 Å². The van der Waals surface area contributed by atoms with Crippen molar-refractivity contribution in [3.8, 4) is 0 Å². The zero-order valence-electron chi connectivity index (χ0n) is 12.6. The number of carbonyl (C=O) groups excluding carboxylic acids is 1. The first-order valence-electron chi connectivity index (χ1n) is 6.49. The molecule has 6 heteroatoms. The molecular formula is C15H18N4OS. The Morgan fingerprint density at radius 1 is 1.33 bits per heavy atom. The van der Waals surface area contributed by atoms with E-state index in [1.807, 2.05) is 37.1 Å². The highest BCUT2D eigenvalue weighted by Gasteiger charge is 2.11. The van der Waals surface area contributed by atoms with Crippen LogP contribution < -0.4 is 4.90 Å². The molecule has 0 fully saturated rings. The summed E-state index contributed by atoms with van der Waals surface area (Å²) in [5.74, 6) is -0.0371.